The summed E-state index contributed by atoms with van der Waals surface area (Å²) < 4.78 is 0. The van der Waals surface area contributed by atoms with Crippen LogP contribution in [0.15, 0.2) is 102 Å². The van der Waals surface area contributed by atoms with E-state index in [2.05, 4.69) is 15.8 Å². The molecule has 1 amide bonds. The predicted molar refractivity (Wildman–Crippen MR) is 147 cm³/mol. The van der Waals surface area contributed by atoms with Gasteiger partial charge in [0.15, 0.2) is 5.78 Å². The Bertz CT molecular complexity index is 1750. The van der Waals surface area contributed by atoms with E-state index in [1.165, 1.54) is 48.5 Å². The fraction of sp³-hybridized carbons (Fsp3) is 0. The van der Waals surface area contributed by atoms with Gasteiger partial charge in [0.2, 0.25) is 5.78 Å². The molecule has 0 atom stereocenters. The van der Waals surface area contributed by atoms with E-state index in [-0.39, 0.29) is 69.3 Å². The number of hydrogen-bond donors (Lipinski definition) is 3. The van der Waals surface area contributed by atoms with Gasteiger partial charge in [-0.2, -0.15) is 5.10 Å². The van der Waals surface area contributed by atoms with E-state index in [0.717, 1.165) is 0 Å². The number of aromatic hydroxyl groups is 1. The number of ketones is 2. The molecule has 0 saturated heterocycles. The summed E-state index contributed by atoms with van der Waals surface area (Å²) in [6, 6.07) is 23.2. The molecule has 5 rings (SSSR count). The first-order chi connectivity index (χ1) is 19.3. The van der Waals surface area contributed by atoms with Crippen LogP contribution in [0.4, 0.5) is 11.4 Å². The van der Waals surface area contributed by atoms with Gasteiger partial charge < -0.3 is 20.3 Å². The molecule has 0 aliphatic heterocycles. The molecule has 41 heavy (non-hydrogen) atoms. The van der Waals surface area contributed by atoms with Crippen molar-refractivity contribution in [3.8, 4) is 5.75 Å². The van der Waals surface area contributed by atoms with Crippen LogP contribution in [-0.2, 0) is 4.79 Å². The third kappa shape index (κ3) is 6.17. The number of carboxylic acids is 1. The molecular formula is C31H20N3NaO6. The van der Waals surface area contributed by atoms with Gasteiger partial charge in [-0.25, -0.2) is 0 Å². The molecule has 4 aromatic carbocycles. The Kier molecular flexibility index (Phi) is 8.94. The van der Waals surface area contributed by atoms with Crippen molar-refractivity contribution in [3.63, 3.8) is 0 Å². The minimum atomic E-state index is -1.50. The molecule has 0 fully saturated rings. The van der Waals surface area contributed by atoms with E-state index < -0.39 is 17.5 Å². The number of aromatic carboxylic acids is 1. The Hall–Kier alpha value is -4.83. The summed E-state index contributed by atoms with van der Waals surface area (Å²) in [4.78, 5) is 50.3. The number of hydrazone groups is 1. The quantitative estimate of drug-likeness (QED) is 0.132. The number of rotatable bonds is 7. The molecule has 1 aliphatic carbocycles. The summed E-state index contributed by atoms with van der Waals surface area (Å²) in [5.41, 5.74) is 4.14. The zero-order chi connectivity index (χ0) is 28.2. The van der Waals surface area contributed by atoms with Gasteiger partial charge in [0.05, 0.1) is 17.3 Å². The van der Waals surface area contributed by atoms with Gasteiger partial charge in [0.1, 0.15) is 11.5 Å². The number of carbonyl (C=O) groups is 4. The maximum atomic E-state index is 13.1. The largest absolute Gasteiger partial charge is 1.00 e. The molecule has 9 nitrogen and oxygen atoms in total. The minimum Gasteiger partial charge on any atom is -0.545 e. The first-order valence-electron chi connectivity index (χ1n) is 12.1. The number of nitrogens with zero attached hydrogens (tertiary/aromatic N) is 1. The average Bonchev–Trinajstić information content (AvgIpc) is 2.97. The number of phenolic OH excluding ortho intramolecular Hbond substituents is 1. The Labute approximate surface area is 256 Å². The maximum Gasteiger partial charge on any atom is 1.00 e. The molecule has 10 heteroatoms. The first kappa shape index (κ1) is 29.2. The van der Waals surface area contributed by atoms with E-state index in [1.54, 1.807) is 54.6 Å². The van der Waals surface area contributed by atoms with Gasteiger partial charge in [-0.1, -0.05) is 60.7 Å². The van der Waals surface area contributed by atoms with Crippen molar-refractivity contribution in [2.75, 3.05) is 10.7 Å². The van der Waals surface area contributed by atoms with Crippen molar-refractivity contribution >= 4 is 46.6 Å². The molecule has 0 spiro atoms. The fourth-order valence-electron chi connectivity index (χ4n) is 4.24. The van der Waals surface area contributed by atoms with Crippen LogP contribution < -0.4 is 45.4 Å². The molecule has 4 aromatic rings. The number of hydrogen-bond acceptors (Lipinski definition) is 8. The molecule has 3 N–H and O–H groups in total. The van der Waals surface area contributed by atoms with Gasteiger partial charge in [-0.05, 0) is 48.0 Å². The van der Waals surface area contributed by atoms with Crippen molar-refractivity contribution in [2.24, 2.45) is 5.10 Å². The molecule has 0 aromatic heterocycles. The monoisotopic (exact) mass is 553 g/mol. The third-order valence-electron chi connectivity index (χ3n) is 6.20. The van der Waals surface area contributed by atoms with Crippen LogP contribution in [0.5, 0.6) is 5.75 Å². The number of anilines is 2. The fourth-order valence-corrected chi connectivity index (χ4v) is 4.24. The predicted octanol–water partition coefficient (Wildman–Crippen LogP) is 0.655. The Morgan fingerprint density at radius 3 is 2.20 bits per heavy atom. The number of fused-ring (bicyclic) bond motifs is 1. The number of phenols is 1. The average molecular weight is 554 g/mol. The van der Waals surface area contributed by atoms with Crippen molar-refractivity contribution in [2.45, 2.75) is 0 Å². The van der Waals surface area contributed by atoms with Gasteiger partial charge in [-0.3, -0.25) is 19.8 Å². The topological polar surface area (TPSA) is 148 Å². The van der Waals surface area contributed by atoms with Crippen LogP contribution in [-0.4, -0.2) is 34.3 Å². The Morgan fingerprint density at radius 2 is 1.46 bits per heavy atom. The summed E-state index contributed by atoms with van der Waals surface area (Å²) in [5.74, 6) is -3.19. The molecule has 0 unspecified atom stereocenters. The Morgan fingerprint density at radius 1 is 0.756 bits per heavy atom. The van der Waals surface area contributed by atoms with Crippen molar-refractivity contribution in [3.05, 3.63) is 130 Å². The second kappa shape index (κ2) is 12.6. The van der Waals surface area contributed by atoms with E-state index in [1.807, 2.05) is 0 Å². The number of allylic oxidation sites excluding steroid dienone is 1. The van der Waals surface area contributed by atoms with Crippen molar-refractivity contribution in [1.82, 2.24) is 0 Å². The second-order valence-corrected chi connectivity index (χ2v) is 8.75. The van der Waals surface area contributed by atoms with Crippen molar-refractivity contribution in [1.29, 1.82) is 0 Å². The van der Waals surface area contributed by atoms with E-state index in [9.17, 15) is 29.4 Å². The Balaban J connectivity index is 0.00000387. The van der Waals surface area contributed by atoms with E-state index in [4.69, 9.17) is 0 Å². The SMILES string of the molecule is O=C1C=Cc2cccc(NC(=O)c3ccccc3)c2/C1=N/Nc1cc(C(=O)c2ccccc2C(=O)[O-])ccc1O.[Na+]. The van der Waals surface area contributed by atoms with Gasteiger partial charge in [0, 0.05) is 27.8 Å². The summed E-state index contributed by atoms with van der Waals surface area (Å²) in [5, 5.41) is 28.9. The van der Waals surface area contributed by atoms with Crippen LogP contribution in [0.1, 0.15) is 47.8 Å². The van der Waals surface area contributed by atoms with Crippen LogP contribution >= 0.6 is 0 Å². The molecule has 0 saturated carbocycles. The number of carbonyl (C=O) groups excluding carboxylic acids is 4. The maximum absolute atomic E-state index is 13.1. The van der Waals surface area contributed by atoms with Gasteiger partial charge >= 0.3 is 29.6 Å². The summed E-state index contributed by atoms with van der Waals surface area (Å²) >= 11 is 0. The molecular weight excluding hydrogens is 533 g/mol. The van der Waals surface area contributed by atoms with E-state index >= 15 is 0 Å². The van der Waals surface area contributed by atoms with Crippen LogP contribution in [0.3, 0.4) is 0 Å². The van der Waals surface area contributed by atoms with Gasteiger partial charge in [0.25, 0.3) is 5.91 Å². The van der Waals surface area contributed by atoms with Crippen LogP contribution in [0.25, 0.3) is 6.08 Å². The zero-order valence-electron chi connectivity index (χ0n) is 21.8. The molecule has 0 heterocycles. The second-order valence-electron chi connectivity index (χ2n) is 8.75. The molecule has 0 radical (unpaired) electrons. The van der Waals surface area contributed by atoms with Crippen LogP contribution in [0.2, 0.25) is 0 Å². The van der Waals surface area contributed by atoms with Gasteiger partial charge in [-0.15, -0.1) is 0 Å². The number of carboxylic acid groups (broad SMARTS) is 1. The van der Waals surface area contributed by atoms with E-state index in [0.29, 0.717) is 22.4 Å². The third-order valence-corrected chi connectivity index (χ3v) is 6.20. The summed E-state index contributed by atoms with van der Waals surface area (Å²) in [7, 11) is 0. The molecule has 1 aliphatic rings. The molecule has 0 bridgehead atoms. The first-order valence-corrected chi connectivity index (χ1v) is 12.1. The smallest absolute Gasteiger partial charge is 0.545 e. The number of amides is 1. The zero-order valence-corrected chi connectivity index (χ0v) is 23.8. The molecule has 196 valence electrons. The van der Waals surface area contributed by atoms with Crippen molar-refractivity contribution < 1.29 is 58.9 Å². The summed E-state index contributed by atoms with van der Waals surface area (Å²) in [6.45, 7) is 0. The minimum absolute atomic E-state index is 0. The number of nitrogens with one attached hydrogen (secondary N) is 2. The summed E-state index contributed by atoms with van der Waals surface area (Å²) in [6.07, 6.45) is 2.95. The normalized spacial score (nSPS) is 12.7. The standard InChI is InChI=1S/C31H21N3O6.Na/c35-25-15-14-20(29(37)21-10-4-5-11-22(21)31(39)40)17-24(25)33-34-28-26(36)16-13-18-9-6-12-23(27(18)28)32-30(38)19-7-2-1-3-8-19;/h1-17,33,35H,(H,32,38)(H,39,40);/q;+1/p-1/b34-28+;. The van der Waals surface area contributed by atoms with Crippen LogP contribution in [0, 0.1) is 0 Å². The number of benzene rings is 4.